The van der Waals surface area contributed by atoms with Crippen LogP contribution in [0.15, 0.2) is 40.9 Å². The predicted molar refractivity (Wildman–Crippen MR) is 77.0 cm³/mol. The van der Waals surface area contributed by atoms with Crippen LogP contribution in [0.25, 0.3) is 10.2 Å². The minimum absolute atomic E-state index is 0.208. The number of nitrogens with one attached hydrogen (secondary N) is 1. The second-order valence-corrected chi connectivity index (χ2v) is 5.83. The molecule has 0 atom stereocenters. The van der Waals surface area contributed by atoms with Crippen molar-refractivity contribution in [3.05, 3.63) is 52.5 Å². The molecule has 0 saturated heterocycles. The maximum absolute atomic E-state index is 13.5. The van der Waals surface area contributed by atoms with E-state index in [1.165, 1.54) is 23.5 Å². The van der Waals surface area contributed by atoms with Crippen molar-refractivity contribution in [2.24, 2.45) is 0 Å². The highest BCUT2D eigenvalue weighted by Crippen LogP contribution is 2.30. The summed E-state index contributed by atoms with van der Waals surface area (Å²) in [7, 11) is 0. The molecule has 0 aliphatic rings. The van der Waals surface area contributed by atoms with Gasteiger partial charge >= 0.3 is 0 Å². The molecule has 3 rings (SSSR count). The van der Waals surface area contributed by atoms with Crippen LogP contribution in [0.3, 0.4) is 0 Å². The summed E-state index contributed by atoms with van der Waals surface area (Å²) in [6.07, 6.45) is 0. The Kier molecular flexibility index (Phi) is 3.20. The smallest absolute Gasteiger partial charge is 0.188 e. The summed E-state index contributed by atoms with van der Waals surface area (Å²) in [5, 5.41) is 3.43. The Labute approximate surface area is 120 Å². The molecule has 96 valence electrons. The molecule has 0 unspecified atom stereocenters. The van der Waals surface area contributed by atoms with Crippen molar-refractivity contribution < 1.29 is 8.78 Å². The van der Waals surface area contributed by atoms with Crippen LogP contribution in [-0.4, -0.2) is 4.98 Å². The summed E-state index contributed by atoms with van der Waals surface area (Å²) in [6, 6.07) is 9.14. The van der Waals surface area contributed by atoms with E-state index in [1.807, 2.05) is 18.2 Å². The molecule has 0 saturated carbocycles. The number of anilines is 2. The SMILES string of the molecule is Fc1ccc(Nc2nc3cc(Br)ccc3s2)c(F)c1. The highest BCUT2D eigenvalue weighted by atomic mass is 79.9. The first-order chi connectivity index (χ1) is 9.11. The summed E-state index contributed by atoms with van der Waals surface area (Å²) < 4.78 is 28.3. The molecule has 0 amide bonds. The normalized spacial score (nSPS) is 10.9. The Morgan fingerprint density at radius 1 is 1.11 bits per heavy atom. The van der Waals surface area contributed by atoms with Gasteiger partial charge < -0.3 is 5.32 Å². The summed E-state index contributed by atoms with van der Waals surface area (Å²) in [5.74, 6) is -1.24. The average molecular weight is 341 g/mol. The van der Waals surface area contributed by atoms with Gasteiger partial charge in [0.15, 0.2) is 5.13 Å². The number of rotatable bonds is 2. The molecule has 3 aromatic rings. The molecule has 0 aliphatic heterocycles. The highest BCUT2D eigenvalue weighted by molar-refractivity contribution is 9.10. The Morgan fingerprint density at radius 2 is 1.95 bits per heavy atom. The molecule has 0 bridgehead atoms. The van der Waals surface area contributed by atoms with Crippen LogP contribution in [0.4, 0.5) is 19.6 Å². The Hall–Kier alpha value is -1.53. The number of thiazole rings is 1. The van der Waals surface area contributed by atoms with Gasteiger partial charge in [0, 0.05) is 10.5 Å². The Balaban J connectivity index is 1.96. The summed E-state index contributed by atoms with van der Waals surface area (Å²) >= 11 is 4.78. The lowest BCUT2D eigenvalue weighted by molar-refractivity contribution is 0.586. The number of hydrogen-bond acceptors (Lipinski definition) is 3. The summed E-state index contributed by atoms with van der Waals surface area (Å²) in [5.41, 5.74) is 1.03. The van der Waals surface area contributed by atoms with Crippen molar-refractivity contribution in [1.29, 1.82) is 0 Å². The van der Waals surface area contributed by atoms with Crippen LogP contribution in [0.5, 0.6) is 0 Å². The number of benzene rings is 2. The largest absolute Gasteiger partial charge is 0.329 e. The number of aromatic nitrogens is 1. The van der Waals surface area contributed by atoms with Crippen LogP contribution in [0.1, 0.15) is 0 Å². The summed E-state index contributed by atoms with van der Waals surface area (Å²) in [6.45, 7) is 0. The molecule has 0 aliphatic carbocycles. The summed E-state index contributed by atoms with van der Waals surface area (Å²) in [4.78, 5) is 4.35. The van der Waals surface area contributed by atoms with Gasteiger partial charge in [-0.3, -0.25) is 0 Å². The van der Waals surface area contributed by atoms with Crippen LogP contribution in [0, 0.1) is 11.6 Å². The molecular formula is C13H7BrF2N2S. The Bertz CT molecular complexity index is 757. The second-order valence-electron chi connectivity index (χ2n) is 3.88. The first kappa shape index (κ1) is 12.5. The highest BCUT2D eigenvalue weighted by Gasteiger charge is 2.08. The van der Waals surface area contributed by atoms with Crippen molar-refractivity contribution >= 4 is 48.3 Å². The monoisotopic (exact) mass is 340 g/mol. The van der Waals surface area contributed by atoms with E-state index >= 15 is 0 Å². The second kappa shape index (κ2) is 4.86. The van der Waals surface area contributed by atoms with Crippen molar-refractivity contribution in [3.63, 3.8) is 0 Å². The van der Waals surface area contributed by atoms with E-state index in [2.05, 4.69) is 26.2 Å². The van der Waals surface area contributed by atoms with Crippen molar-refractivity contribution in [3.8, 4) is 0 Å². The zero-order valence-corrected chi connectivity index (χ0v) is 11.9. The lowest BCUT2D eigenvalue weighted by Gasteiger charge is -2.03. The van der Waals surface area contributed by atoms with E-state index in [0.717, 1.165) is 20.8 Å². The third-order valence-electron chi connectivity index (χ3n) is 2.52. The van der Waals surface area contributed by atoms with Gasteiger partial charge in [-0.15, -0.1) is 0 Å². The lowest BCUT2D eigenvalue weighted by Crippen LogP contribution is -1.93. The van der Waals surface area contributed by atoms with Crippen LogP contribution < -0.4 is 5.32 Å². The zero-order valence-electron chi connectivity index (χ0n) is 9.45. The van der Waals surface area contributed by atoms with Gasteiger partial charge in [-0.2, -0.15) is 0 Å². The molecule has 1 aromatic heterocycles. The van der Waals surface area contributed by atoms with E-state index in [0.29, 0.717) is 5.13 Å². The first-order valence-electron chi connectivity index (χ1n) is 5.40. The molecule has 0 radical (unpaired) electrons. The zero-order chi connectivity index (χ0) is 13.4. The van der Waals surface area contributed by atoms with Gasteiger partial charge in [-0.1, -0.05) is 27.3 Å². The molecule has 6 heteroatoms. The third-order valence-corrected chi connectivity index (χ3v) is 3.97. The molecule has 0 fully saturated rings. The van der Waals surface area contributed by atoms with Crippen molar-refractivity contribution in [2.75, 3.05) is 5.32 Å². The van der Waals surface area contributed by atoms with Crippen LogP contribution >= 0.6 is 27.3 Å². The minimum Gasteiger partial charge on any atom is -0.329 e. The fourth-order valence-corrected chi connectivity index (χ4v) is 2.87. The standard InChI is InChI=1S/C13H7BrF2N2S/c14-7-1-4-12-11(5-7)18-13(19-12)17-10-3-2-8(15)6-9(10)16/h1-6H,(H,17,18). The fourth-order valence-electron chi connectivity index (χ4n) is 1.66. The number of halogens is 3. The van der Waals surface area contributed by atoms with Gasteiger partial charge in [0.2, 0.25) is 0 Å². The van der Waals surface area contributed by atoms with Gasteiger partial charge in [0.05, 0.1) is 15.9 Å². The molecule has 19 heavy (non-hydrogen) atoms. The van der Waals surface area contributed by atoms with E-state index < -0.39 is 11.6 Å². The number of hydrogen-bond donors (Lipinski definition) is 1. The predicted octanol–water partition coefficient (Wildman–Crippen LogP) is 5.08. The molecule has 1 heterocycles. The fraction of sp³-hybridized carbons (Fsp3) is 0. The Morgan fingerprint density at radius 3 is 2.74 bits per heavy atom. The first-order valence-corrected chi connectivity index (χ1v) is 7.01. The van der Waals surface area contributed by atoms with E-state index in [4.69, 9.17) is 0 Å². The minimum atomic E-state index is -0.638. The average Bonchev–Trinajstić information content (AvgIpc) is 2.74. The van der Waals surface area contributed by atoms with Crippen molar-refractivity contribution in [1.82, 2.24) is 4.98 Å². The molecule has 2 aromatic carbocycles. The van der Waals surface area contributed by atoms with Gasteiger partial charge in [0.1, 0.15) is 11.6 Å². The molecule has 2 nitrogen and oxygen atoms in total. The maximum Gasteiger partial charge on any atom is 0.188 e. The lowest BCUT2D eigenvalue weighted by atomic mass is 10.3. The molecule has 1 N–H and O–H groups in total. The van der Waals surface area contributed by atoms with Crippen LogP contribution in [0.2, 0.25) is 0 Å². The number of nitrogens with zero attached hydrogens (tertiary/aromatic N) is 1. The van der Waals surface area contributed by atoms with E-state index in [1.54, 1.807) is 0 Å². The van der Waals surface area contributed by atoms with E-state index in [9.17, 15) is 8.78 Å². The molecular weight excluding hydrogens is 334 g/mol. The quantitative estimate of drug-likeness (QED) is 0.703. The maximum atomic E-state index is 13.5. The molecule has 0 spiro atoms. The van der Waals surface area contributed by atoms with Gasteiger partial charge in [0.25, 0.3) is 0 Å². The number of fused-ring (bicyclic) bond motifs is 1. The van der Waals surface area contributed by atoms with Gasteiger partial charge in [-0.05, 0) is 30.3 Å². The third kappa shape index (κ3) is 2.59. The van der Waals surface area contributed by atoms with Gasteiger partial charge in [-0.25, -0.2) is 13.8 Å². The van der Waals surface area contributed by atoms with E-state index in [-0.39, 0.29) is 5.69 Å². The topological polar surface area (TPSA) is 24.9 Å². The van der Waals surface area contributed by atoms with Crippen molar-refractivity contribution in [2.45, 2.75) is 0 Å². The van der Waals surface area contributed by atoms with Crippen LogP contribution in [-0.2, 0) is 0 Å².